The van der Waals surface area contributed by atoms with E-state index in [0.717, 1.165) is 18.5 Å². The van der Waals surface area contributed by atoms with Gasteiger partial charge in [-0.1, -0.05) is 6.92 Å². The summed E-state index contributed by atoms with van der Waals surface area (Å²) < 4.78 is 1.93. The molecular weight excluding hydrogens is 212 g/mol. The number of rotatable bonds is 5. The minimum absolute atomic E-state index is 0.0260. The lowest BCUT2D eigenvalue weighted by Crippen LogP contribution is -2.56. The summed E-state index contributed by atoms with van der Waals surface area (Å²) in [6.07, 6.45) is 1.90. The molecule has 0 bridgehead atoms. The van der Waals surface area contributed by atoms with Crippen LogP contribution in [0, 0.1) is 6.92 Å². The van der Waals surface area contributed by atoms with E-state index >= 15 is 0 Å². The molecule has 1 aromatic heterocycles. The van der Waals surface area contributed by atoms with Gasteiger partial charge in [0.05, 0.1) is 5.69 Å². The van der Waals surface area contributed by atoms with Crippen molar-refractivity contribution in [3.63, 3.8) is 0 Å². The predicted octanol–water partition coefficient (Wildman–Crippen LogP) is 1.33. The molecule has 2 atom stereocenters. The summed E-state index contributed by atoms with van der Waals surface area (Å²) in [5, 5.41) is 4.36. The summed E-state index contributed by atoms with van der Waals surface area (Å²) in [6.45, 7) is 6.43. The second-order valence-corrected chi connectivity index (χ2v) is 5.32. The molecule has 4 heteroatoms. The highest BCUT2D eigenvalue weighted by atomic mass is 15.3. The fourth-order valence-corrected chi connectivity index (χ4v) is 2.21. The Morgan fingerprint density at radius 3 is 2.47 bits per heavy atom. The van der Waals surface area contributed by atoms with Gasteiger partial charge < -0.3 is 10.6 Å². The number of hydrogen-bond acceptors (Lipinski definition) is 3. The van der Waals surface area contributed by atoms with Gasteiger partial charge in [0, 0.05) is 30.7 Å². The second-order valence-electron chi connectivity index (χ2n) is 5.32. The smallest absolute Gasteiger partial charge is 0.0596 e. The topological polar surface area (TPSA) is 47.1 Å². The Morgan fingerprint density at radius 1 is 1.53 bits per heavy atom. The molecule has 2 N–H and O–H groups in total. The third-order valence-corrected chi connectivity index (χ3v) is 4.06. The Balaban J connectivity index is 2.84. The van der Waals surface area contributed by atoms with E-state index in [1.807, 2.05) is 18.7 Å². The van der Waals surface area contributed by atoms with Crippen molar-refractivity contribution in [2.24, 2.45) is 12.8 Å². The van der Waals surface area contributed by atoms with Crippen molar-refractivity contribution in [2.75, 3.05) is 14.1 Å². The number of aromatic nitrogens is 2. The highest BCUT2D eigenvalue weighted by Gasteiger charge is 2.32. The van der Waals surface area contributed by atoms with Crippen molar-refractivity contribution >= 4 is 0 Å². The molecule has 0 saturated heterocycles. The number of nitrogens with zero attached hydrogens (tertiary/aromatic N) is 3. The summed E-state index contributed by atoms with van der Waals surface area (Å²) >= 11 is 0. The van der Waals surface area contributed by atoms with Gasteiger partial charge in [0.15, 0.2) is 0 Å². The average molecular weight is 238 g/mol. The Morgan fingerprint density at radius 2 is 2.12 bits per heavy atom. The molecule has 98 valence electrons. The molecule has 0 radical (unpaired) electrons. The van der Waals surface area contributed by atoms with Crippen LogP contribution < -0.4 is 5.73 Å². The van der Waals surface area contributed by atoms with Crippen molar-refractivity contribution in [3.05, 3.63) is 17.5 Å². The third kappa shape index (κ3) is 2.87. The molecule has 0 aromatic carbocycles. The lowest BCUT2D eigenvalue weighted by Gasteiger charge is -2.40. The molecule has 17 heavy (non-hydrogen) atoms. The van der Waals surface area contributed by atoms with Crippen LogP contribution in [0.5, 0.6) is 0 Å². The highest BCUT2D eigenvalue weighted by molar-refractivity contribution is 5.12. The van der Waals surface area contributed by atoms with E-state index in [9.17, 15) is 0 Å². The zero-order chi connectivity index (χ0) is 13.2. The summed E-state index contributed by atoms with van der Waals surface area (Å²) in [5.41, 5.74) is 8.68. The van der Waals surface area contributed by atoms with Crippen LogP contribution >= 0.6 is 0 Å². The van der Waals surface area contributed by atoms with Gasteiger partial charge in [-0.15, -0.1) is 0 Å². The van der Waals surface area contributed by atoms with Crippen LogP contribution in [0.2, 0.25) is 0 Å². The Labute approximate surface area is 105 Å². The minimum atomic E-state index is 0.0260. The van der Waals surface area contributed by atoms with Gasteiger partial charge in [-0.25, -0.2) is 0 Å². The predicted molar refractivity (Wildman–Crippen MR) is 72.0 cm³/mol. The molecule has 0 amide bonds. The van der Waals surface area contributed by atoms with Gasteiger partial charge in [0.1, 0.15) is 0 Å². The fourth-order valence-electron chi connectivity index (χ4n) is 2.21. The van der Waals surface area contributed by atoms with Crippen LogP contribution in [-0.4, -0.2) is 40.4 Å². The maximum Gasteiger partial charge on any atom is 0.0596 e. The quantitative estimate of drug-likeness (QED) is 0.842. The lowest BCUT2D eigenvalue weighted by atomic mass is 9.86. The number of nitrogens with two attached hydrogens (primary N) is 1. The largest absolute Gasteiger partial charge is 0.326 e. The molecule has 0 fully saturated rings. The SMILES string of the molecule is CCC(C)(C(N)Cc1cc(C)nn1C)N(C)C. The van der Waals surface area contributed by atoms with E-state index in [-0.39, 0.29) is 11.6 Å². The van der Waals surface area contributed by atoms with Crippen LogP contribution in [0.4, 0.5) is 0 Å². The molecule has 0 aliphatic carbocycles. The first-order valence-corrected chi connectivity index (χ1v) is 6.23. The van der Waals surface area contributed by atoms with Crippen molar-refractivity contribution in [2.45, 2.75) is 45.2 Å². The normalized spacial score (nSPS) is 17.2. The number of aryl methyl sites for hydroxylation is 2. The van der Waals surface area contributed by atoms with Gasteiger partial charge in [-0.05, 0) is 40.4 Å². The minimum Gasteiger partial charge on any atom is -0.326 e. The van der Waals surface area contributed by atoms with Crippen LogP contribution in [0.3, 0.4) is 0 Å². The van der Waals surface area contributed by atoms with Gasteiger partial charge in [-0.2, -0.15) is 5.10 Å². The maximum atomic E-state index is 6.39. The van der Waals surface area contributed by atoms with E-state index in [1.165, 1.54) is 5.69 Å². The zero-order valence-corrected chi connectivity index (χ0v) is 12.0. The van der Waals surface area contributed by atoms with Crippen LogP contribution in [-0.2, 0) is 13.5 Å². The third-order valence-electron chi connectivity index (χ3n) is 4.06. The first kappa shape index (κ1) is 14.2. The molecule has 0 saturated carbocycles. The first-order chi connectivity index (χ1) is 7.81. The van der Waals surface area contributed by atoms with E-state index in [0.29, 0.717) is 0 Å². The van der Waals surface area contributed by atoms with Crippen molar-refractivity contribution < 1.29 is 0 Å². The molecule has 0 spiro atoms. The summed E-state index contributed by atoms with van der Waals surface area (Å²) in [6, 6.07) is 2.23. The monoisotopic (exact) mass is 238 g/mol. The van der Waals surface area contributed by atoms with Gasteiger partial charge in [-0.3, -0.25) is 4.68 Å². The molecule has 1 aromatic rings. The van der Waals surface area contributed by atoms with E-state index in [1.54, 1.807) is 0 Å². The summed E-state index contributed by atoms with van der Waals surface area (Å²) in [4.78, 5) is 2.22. The van der Waals surface area contributed by atoms with Crippen LogP contribution in [0.1, 0.15) is 31.7 Å². The number of likely N-dealkylation sites (N-methyl/N-ethyl adjacent to an activating group) is 1. The lowest BCUT2D eigenvalue weighted by molar-refractivity contribution is 0.130. The highest BCUT2D eigenvalue weighted by Crippen LogP contribution is 2.22. The molecule has 4 nitrogen and oxygen atoms in total. The Kier molecular flexibility index (Phi) is 4.33. The Hall–Kier alpha value is -0.870. The second kappa shape index (κ2) is 5.19. The van der Waals surface area contributed by atoms with Gasteiger partial charge in [0.25, 0.3) is 0 Å². The van der Waals surface area contributed by atoms with Gasteiger partial charge in [0.2, 0.25) is 0 Å². The fraction of sp³-hybridized carbons (Fsp3) is 0.769. The summed E-state index contributed by atoms with van der Waals surface area (Å²) in [7, 11) is 6.17. The van der Waals surface area contributed by atoms with Crippen molar-refractivity contribution in [1.82, 2.24) is 14.7 Å². The first-order valence-electron chi connectivity index (χ1n) is 6.23. The van der Waals surface area contributed by atoms with E-state index < -0.39 is 0 Å². The molecule has 1 heterocycles. The molecule has 0 aliphatic heterocycles. The van der Waals surface area contributed by atoms with Crippen LogP contribution in [0.25, 0.3) is 0 Å². The zero-order valence-electron chi connectivity index (χ0n) is 12.0. The molecule has 2 unspecified atom stereocenters. The van der Waals surface area contributed by atoms with Crippen molar-refractivity contribution in [1.29, 1.82) is 0 Å². The maximum absolute atomic E-state index is 6.39. The van der Waals surface area contributed by atoms with Crippen LogP contribution in [0.15, 0.2) is 6.07 Å². The average Bonchev–Trinajstić information content (AvgIpc) is 2.55. The van der Waals surface area contributed by atoms with E-state index in [2.05, 4.69) is 44.0 Å². The van der Waals surface area contributed by atoms with Crippen molar-refractivity contribution in [3.8, 4) is 0 Å². The number of hydrogen-bond donors (Lipinski definition) is 1. The molecule has 0 aliphatic rings. The standard InChI is InChI=1S/C13H26N4/c1-7-13(3,16(4)5)12(14)9-11-8-10(2)15-17(11)6/h8,12H,7,9,14H2,1-6H3. The summed E-state index contributed by atoms with van der Waals surface area (Å²) in [5.74, 6) is 0. The molecule has 1 rings (SSSR count). The Bertz CT molecular complexity index is 369. The van der Waals surface area contributed by atoms with E-state index in [4.69, 9.17) is 5.73 Å². The molecular formula is C13H26N4. The van der Waals surface area contributed by atoms with Gasteiger partial charge >= 0.3 is 0 Å².